The van der Waals surface area contributed by atoms with E-state index in [4.69, 9.17) is 4.74 Å². The van der Waals surface area contributed by atoms with Crippen LogP contribution in [0.1, 0.15) is 45.1 Å². The summed E-state index contributed by atoms with van der Waals surface area (Å²) in [6.07, 6.45) is 8.80. The van der Waals surface area contributed by atoms with E-state index in [2.05, 4.69) is 31.2 Å². The molecule has 4 aliphatic rings. The average Bonchev–Trinajstić information content (AvgIpc) is 3.05. The van der Waals surface area contributed by atoms with Gasteiger partial charge in [0.2, 0.25) is 0 Å². The Labute approximate surface area is 142 Å². The lowest BCUT2D eigenvalue weighted by Crippen LogP contribution is -2.51. The largest absolute Gasteiger partial charge is 0.392 e. The zero-order chi connectivity index (χ0) is 16.8. The van der Waals surface area contributed by atoms with Crippen LogP contribution < -0.4 is 0 Å². The van der Waals surface area contributed by atoms with E-state index >= 15 is 0 Å². The molecular weight excluding hydrogens is 300 g/mol. The lowest BCUT2D eigenvalue weighted by atomic mass is 9.51. The van der Waals surface area contributed by atoms with Crippen LogP contribution in [0.4, 0.5) is 0 Å². The average molecular weight is 322 g/mol. The summed E-state index contributed by atoms with van der Waals surface area (Å²) in [4.78, 5) is 25.7. The minimum absolute atomic E-state index is 0.117. The number of esters is 2. The van der Waals surface area contributed by atoms with Crippen molar-refractivity contribution in [3.63, 3.8) is 0 Å². The molecule has 3 heteroatoms. The van der Waals surface area contributed by atoms with Crippen LogP contribution in [0.2, 0.25) is 0 Å². The molecule has 3 aliphatic carbocycles. The fourth-order valence-electron chi connectivity index (χ4n) is 7.14. The fraction of sp³-hybridized carbons (Fsp3) is 0.524. The van der Waals surface area contributed by atoms with E-state index in [1.165, 1.54) is 0 Å². The molecule has 0 radical (unpaired) electrons. The standard InChI is InChI=1S/C21H22O3/c1-18-10-6-7-11-20(18)12-13-21(18,14-8-4-3-5-9-14)19(2)15(20)16(22)24-17(19)23/h3-5,8-9,12-13,15H,6-7,10-11H2,1-2H3/t15-,18+,19-,20+,21+/m1/s1. The van der Waals surface area contributed by atoms with E-state index in [0.717, 1.165) is 31.2 Å². The first kappa shape index (κ1) is 14.4. The van der Waals surface area contributed by atoms with Crippen LogP contribution in [0.3, 0.4) is 0 Å². The molecule has 3 nitrogen and oxygen atoms in total. The molecule has 1 saturated heterocycles. The van der Waals surface area contributed by atoms with Gasteiger partial charge in [-0.3, -0.25) is 9.59 Å². The van der Waals surface area contributed by atoms with Crippen LogP contribution in [-0.4, -0.2) is 11.9 Å². The molecule has 2 saturated carbocycles. The van der Waals surface area contributed by atoms with Gasteiger partial charge in [0, 0.05) is 10.8 Å². The number of carbonyl (C=O) groups is 2. The Morgan fingerprint density at radius 1 is 1.00 bits per heavy atom. The van der Waals surface area contributed by atoms with Crippen LogP contribution in [0.5, 0.6) is 0 Å². The molecule has 24 heavy (non-hydrogen) atoms. The van der Waals surface area contributed by atoms with E-state index in [1.54, 1.807) is 0 Å². The SMILES string of the molecule is C[C@]12CCCC[C@@]13C=C[C@@]2(c1ccccc1)[C@@]1(C)C(=O)OC(=O)[C@H]13. The number of hydrogen-bond acceptors (Lipinski definition) is 3. The van der Waals surface area contributed by atoms with E-state index < -0.39 is 10.8 Å². The molecule has 0 N–H and O–H groups in total. The maximum Gasteiger partial charge on any atom is 0.321 e. The van der Waals surface area contributed by atoms with Crippen molar-refractivity contribution in [1.82, 2.24) is 0 Å². The summed E-state index contributed by atoms with van der Waals surface area (Å²) < 4.78 is 5.23. The fourth-order valence-corrected chi connectivity index (χ4v) is 7.14. The van der Waals surface area contributed by atoms with Crippen molar-refractivity contribution in [2.45, 2.75) is 44.9 Å². The Morgan fingerprint density at radius 3 is 2.46 bits per heavy atom. The number of hydrogen-bond donors (Lipinski definition) is 0. The number of carbonyl (C=O) groups excluding carboxylic acids is 2. The molecule has 0 aromatic heterocycles. The lowest BCUT2D eigenvalue weighted by Gasteiger charge is -2.51. The van der Waals surface area contributed by atoms with Gasteiger partial charge in [0.1, 0.15) is 0 Å². The van der Waals surface area contributed by atoms with Crippen molar-refractivity contribution in [3.8, 4) is 0 Å². The molecule has 0 unspecified atom stereocenters. The predicted molar refractivity (Wildman–Crippen MR) is 89.0 cm³/mol. The number of ether oxygens (including phenoxy) is 1. The van der Waals surface area contributed by atoms with E-state index in [9.17, 15) is 9.59 Å². The molecule has 3 fully saturated rings. The molecule has 0 spiro atoms. The number of rotatable bonds is 1. The van der Waals surface area contributed by atoms with Crippen molar-refractivity contribution >= 4 is 11.9 Å². The van der Waals surface area contributed by atoms with Crippen molar-refractivity contribution in [2.24, 2.45) is 22.2 Å². The normalized spacial score (nSPS) is 48.3. The first-order valence-corrected chi connectivity index (χ1v) is 8.96. The maximum absolute atomic E-state index is 13.0. The van der Waals surface area contributed by atoms with Crippen LogP contribution >= 0.6 is 0 Å². The molecule has 1 aromatic rings. The molecule has 1 heterocycles. The maximum atomic E-state index is 13.0. The van der Waals surface area contributed by atoms with Crippen molar-refractivity contribution in [3.05, 3.63) is 48.0 Å². The number of allylic oxidation sites excluding steroid dienone is 2. The van der Waals surface area contributed by atoms with Gasteiger partial charge < -0.3 is 4.74 Å². The van der Waals surface area contributed by atoms with Gasteiger partial charge in [-0.05, 0) is 30.7 Å². The number of cyclic esters (lactones) is 2. The predicted octanol–water partition coefficient (Wildman–Crippen LogP) is 3.78. The van der Waals surface area contributed by atoms with E-state index in [0.29, 0.717) is 0 Å². The van der Waals surface area contributed by atoms with Gasteiger partial charge in [0.25, 0.3) is 0 Å². The van der Waals surface area contributed by atoms with Crippen LogP contribution in [0, 0.1) is 22.2 Å². The highest BCUT2D eigenvalue weighted by molar-refractivity contribution is 6.03. The van der Waals surface area contributed by atoms with Gasteiger partial charge in [0.05, 0.1) is 11.3 Å². The monoisotopic (exact) mass is 322 g/mol. The molecular formula is C21H22O3. The molecule has 0 amide bonds. The molecule has 1 aromatic carbocycles. The highest BCUT2D eigenvalue weighted by Gasteiger charge is 2.86. The molecule has 5 atom stereocenters. The second-order valence-electron chi connectivity index (χ2n) is 8.43. The first-order valence-electron chi connectivity index (χ1n) is 8.96. The zero-order valence-corrected chi connectivity index (χ0v) is 14.2. The topological polar surface area (TPSA) is 43.4 Å². The van der Waals surface area contributed by atoms with Crippen molar-refractivity contribution in [2.75, 3.05) is 0 Å². The second kappa shape index (κ2) is 4.01. The second-order valence-corrected chi connectivity index (χ2v) is 8.43. The van der Waals surface area contributed by atoms with Gasteiger partial charge in [-0.1, -0.05) is 62.2 Å². The molecule has 124 valence electrons. The molecule has 2 bridgehead atoms. The Kier molecular flexibility index (Phi) is 2.41. The van der Waals surface area contributed by atoms with Gasteiger partial charge in [-0.25, -0.2) is 0 Å². The minimum Gasteiger partial charge on any atom is -0.392 e. The summed E-state index contributed by atoms with van der Waals surface area (Å²) in [5.74, 6) is -0.994. The van der Waals surface area contributed by atoms with Crippen LogP contribution in [0.15, 0.2) is 42.5 Å². The highest BCUT2D eigenvalue weighted by atomic mass is 16.6. The Balaban J connectivity index is 1.90. The summed E-state index contributed by atoms with van der Waals surface area (Å²) in [5.41, 5.74) is -0.494. The molecule has 5 rings (SSSR count). The highest BCUT2D eigenvalue weighted by Crippen LogP contribution is 2.83. The van der Waals surface area contributed by atoms with Crippen molar-refractivity contribution in [1.29, 1.82) is 0 Å². The summed E-state index contributed by atoms with van der Waals surface area (Å²) in [5, 5.41) is 0. The minimum atomic E-state index is -0.806. The third kappa shape index (κ3) is 1.11. The number of fused-ring (bicyclic) bond motifs is 2. The zero-order valence-electron chi connectivity index (χ0n) is 14.2. The van der Waals surface area contributed by atoms with Gasteiger partial charge >= 0.3 is 11.9 Å². The van der Waals surface area contributed by atoms with Gasteiger partial charge in [-0.15, -0.1) is 0 Å². The van der Waals surface area contributed by atoms with Crippen LogP contribution in [0.25, 0.3) is 0 Å². The Morgan fingerprint density at radius 2 is 1.71 bits per heavy atom. The number of benzene rings is 1. The van der Waals surface area contributed by atoms with Crippen LogP contribution in [-0.2, 0) is 19.7 Å². The van der Waals surface area contributed by atoms with E-state index in [1.807, 2.05) is 25.1 Å². The first-order chi connectivity index (χ1) is 11.4. The van der Waals surface area contributed by atoms with Gasteiger partial charge in [0.15, 0.2) is 0 Å². The Bertz CT molecular complexity index is 797. The Hall–Kier alpha value is -1.90. The third-order valence-corrected chi connectivity index (χ3v) is 8.04. The summed E-state index contributed by atoms with van der Waals surface area (Å²) >= 11 is 0. The quantitative estimate of drug-likeness (QED) is 0.449. The third-order valence-electron chi connectivity index (χ3n) is 8.04. The smallest absolute Gasteiger partial charge is 0.321 e. The summed E-state index contributed by atoms with van der Waals surface area (Å²) in [6.45, 7) is 4.29. The molecule has 1 aliphatic heterocycles. The lowest BCUT2D eigenvalue weighted by molar-refractivity contribution is -0.159. The summed E-state index contributed by atoms with van der Waals surface area (Å²) in [6, 6.07) is 10.3. The van der Waals surface area contributed by atoms with Gasteiger partial charge in [-0.2, -0.15) is 0 Å². The van der Waals surface area contributed by atoms with Crippen molar-refractivity contribution < 1.29 is 14.3 Å². The van der Waals surface area contributed by atoms with E-state index in [-0.39, 0.29) is 28.7 Å². The summed E-state index contributed by atoms with van der Waals surface area (Å²) in [7, 11) is 0.